The van der Waals surface area contributed by atoms with Crippen LogP contribution in [0, 0.1) is 10.1 Å². The van der Waals surface area contributed by atoms with Crippen molar-refractivity contribution in [1.29, 1.82) is 0 Å². The maximum atomic E-state index is 10.8. The highest BCUT2D eigenvalue weighted by Crippen LogP contribution is 2.32. The number of nitrogens with one attached hydrogen (secondary N) is 3. The fourth-order valence-corrected chi connectivity index (χ4v) is 3.95. The summed E-state index contributed by atoms with van der Waals surface area (Å²) in [5.41, 5.74) is 7.59. The van der Waals surface area contributed by atoms with Crippen molar-refractivity contribution in [3.63, 3.8) is 0 Å². The number of hydrogen-bond acceptors (Lipinski definition) is 10. The van der Waals surface area contributed by atoms with E-state index in [2.05, 4.69) is 51.8 Å². The minimum atomic E-state index is -0.573. The van der Waals surface area contributed by atoms with E-state index in [-0.39, 0.29) is 11.5 Å². The molecule has 4 rings (SSSR count). The molecule has 0 fully saturated rings. The van der Waals surface area contributed by atoms with Gasteiger partial charge in [0.2, 0.25) is 11.8 Å². The fourth-order valence-electron chi connectivity index (χ4n) is 3.19. The number of amidine groups is 1. The van der Waals surface area contributed by atoms with E-state index in [0.29, 0.717) is 42.1 Å². The van der Waals surface area contributed by atoms with Crippen molar-refractivity contribution in [2.24, 2.45) is 4.99 Å². The molecule has 0 unspecified atom stereocenters. The number of anilines is 3. The van der Waals surface area contributed by atoms with Gasteiger partial charge in [0.25, 0.3) is 0 Å². The molecule has 5 N–H and O–H groups in total. The lowest BCUT2D eigenvalue weighted by atomic mass is 10.1. The highest BCUT2D eigenvalue weighted by atomic mass is 79.9. The van der Waals surface area contributed by atoms with Crippen LogP contribution in [0.15, 0.2) is 46.0 Å². The second-order valence-corrected chi connectivity index (χ2v) is 8.27. The molecule has 13 heteroatoms. The molecule has 33 heavy (non-hydrogen) atoms. The van der Waals surface area contributed by atoms with Crippen molar-refractivity contribution in [3.8, 4) is 11.3 Å². The van der Waals surface area contributed by atoms with Gasteiger partial charge >= 0.3 is 5.69 Å². The first-order chi connectivity index (χ1) is 15.9. The first-order valence-electron chi connectivity index (χ1n) is 9.92. The van der Waals surface area contributed by atoms with Crippen LogP contribution in [0.3, 0.4) is 0 Å². The van der Waals surface area contributed by atoms with Crippen molar-refractivity contribution < 1.29 is 4.92 Å². The Hall–Kier alpha value is -3.51. The molecule has 0 radical (unpaired) electrons. The summed E-state index contributed by atoms with van der Waals surface area (Å²) in [6, 6.07) is 8.42. The fraction of sp³-hybridized carbons (Fsp3) is 0.200. The molecule has 0 bridgehead atoms. The van der Waals surface area contributed by atoms with Crippen LogP contribution in [-0.4, -0.2) is 51.9 Å². The number of hydrogen-bond donors (Lipinski definition) is 4. The van der Waals surface area contributed by atoms with E-state index in [0.717, 1.165) is 28.0 Å². The van der Waals surface area contributed by atoms with Crippen LogP contribution in [0.5, 0.6) is 0 Å². The first kappa shape index (κ1) is 22.7. The summed E-state index contributed by atoms with van der Waals surface area (Å²) in [7, 11) is 0. The topological polar surface area (TPSA) is 156 Å². The van der Waals surface area contributed by atoms with Gasteiger partial charge in [0.1, 0.15) is 11.7 Å². The summed E-state index contributed by atoms with van der Waals surface area (Å²) in [6.07, 6.45) is 1.71. The third-order valence-electron chi connectivity index (χ3n) is 4.72. The number of nitrogens with zero attached hydrogens (tertiary/aromatic N) is 5. The van der Waals surface area contributed by atoms with Crippen LogP contribution in [0.4, 0.5) is 23.3 Å². The minimum Gasteiger partial charge on any atom is -0.378 e. The molecule has 1 aliphatic heterocycles. The molecule has 1 aromatic carbocycles. The van der Waals surface area contributed by atoms with E-state index in [1.165, 1.54) is 12.1 Å². The highest BCUT2D eigenvalue weighted by Gasteiger charge is 2.19. The van der Waals surface area contributed by atoms with Crippen LogP contribution < -0.4 is 21.7 Å². The standard InChI is InChI=1S/C20H19BrClN9O2/c21-11-1-2-12(14(22)9-11)17-13(19-25-6-7-26-19)10-28-20(30-17)27-8-5-24-16-4-3-15(31(32)33)18(23)29-16/h1-4,9-10H,5-8H2,(H,25,26)(H3,23,24,29)(H,27,28,30). The quantitative estimate of drug-likeness (QED) is 0.194. The number of pyridine rings is 1. The van der Waals surface area contributed by atoms with Gasteiger partial charge in [-0.3, -0.25) is 15.1 Å². The van der Waals surface area contributed by atoms with Gasteiger partial charge in [-0.25, -0.2) is 15.0 Å². The SMILES string of the molecule is Nc1nc(NCCNc2ncc(C3=NCCN3)c(-c3ccc(Br)cc3Cl)n2)ccc1[N+](=O)[O-]. The molecule has 0 spiro atoms. The monoisotopic (exact) mass is 531 g/mol. The molecule has 3 aromatic rings. The van der Waals surface area contributed by atoms with E-state index >= 15 is 0 Å². The number of benzene rings is 1. The number of nitro groups is 1. The van der Waals surface area contributed by atoms with E-state index in [1.807, 2.05) is 18.2 Å². The normalized spacial score (nSPS) is 12.7. The lowest BCUT2D eigenvalue weighted by Crippen LogP contribution is -2.22. The number of aliphatic imine (C=N–C) groups is 1. The number of halogens is 2. The Kier molecular flexibility index (Phi) is 6.84. The predicted molar refractivity (Wildman–Crippen MR) is 132 cm³/mol. The Morgan fingerprint density at radius 1 is 1.18 bits per heavy atom. The molecule has 170 valence electrons. The largest absolute Gasteiger partial charge is 0.378 e. The van der Waals surface area contributed by atoms with Gasteiger partial charge < -0.3 is 21.7 Å². The second kappa shape index (κ2) is 9.96. The van der Waals surface area contributed by atoms with Crippen LogP contribution >= 0.6 is 27.5 Å². The van der Waals surface area contributed by atoms with Crippen molar-refractivity contribution >= 4 is 56.6 Å². The second-order valence-electron chi connectivity index (χ2n) is 6.95. The minimum absolute atomic E-state index is 0.142. The first-order valence-corrected chi connectivity index (χ1v) is 11.1. The molecule has 0 amide bonds. The average molecular weight is 533 g/mol. The van der Waals surface area contributed by atoms with Gasteiger partial charge in [-0.05, 0) is 18.2 Å². The molecular formula is C20H19BrClN9O2. The molecule has 0 aliphatic carbocycles. The molecule has 0 saturated heterocycles. The summed E-state index contributed by atoms with van der Waals surface area (Å²) in [5.74, 6) is 1.45. The summed E-state index contributed by atoms with van der Waals surface area (Å²) >= 11 is 9.92. The van der Waals surface area contributed by atoms with Gasteiger partial charge in [0.05, 0.1) is 27.7 Å². The van der Waals surface area contributed by atoms with Crippen molar-refractivity contribution in [2.75, 3.05) is 42.5 Å². The zero-order valence-corrected chi connectivity index (χ0v) is 19.5. The smallest absolute Gasteiger partial charge is 0.311 e. The van der Waals surface area contributed by atoms with Gasteiger partial charge in [0.15, 0.2) is 0 Å². The third kappa shape index (κ3) is 5.29. The van der Waals surface area contributed by atoms with Crippen molar-refractivity contribution in [1.82, 2.24) is 20.3 Å². The van der Waals surface area contributed by atoms with Gasteiger partial charge in [-0.1, -0.05) is 33.6 Å². The highest BCUT2D eigenvalue weighted by molar-refractivity contribution is 9.10. The summed E-state index contributed by atoms with van der Waals surface area (Å²) in [6.45, 7) is 2.37. The lowest BCUT2D eigenvalue weighted by molar-refractivity contribution is -0.384. The lowest BCUT2D eigenvalue weighted by Gasteiger charge is -2.13. The third-order valence-corrected chi connectivity index (χ3v) is 5.52. The Bertz CT molecular complexity index is 1240. The predicted octanol–water partition coefficient (Wildman–Crippen LogP) is 3.32. The molecule has 3 heterocycles. The molecule has 0 atom stereocenters. The van der Waals surface area contributed by atoms with Crippen LogP contribution in [-0.2, 0) is 0 Å². The molecular weight excluding hydrogens is 514 g/mol. The van der Waals surface area contributed by atoms with Gasteiger partial charge in [-0.2, -0.15) is 0 Å². The number of nitrogen functional groups attached to an aromatic ring is 1. The van der Waals surface area contributed by atoms with E-state index in [1.54, 1.807) is 6.20 Å². The van der Waals surface area contributed by atoms with Crippen LogP contribution in [0.25, 0.3) is 11.3 Å². The summed E-state index contributed by atoms with van der Waals surface area (Å²) in [4.78, 5) is 27.8. The maximum Gasteiger partial charge on any atom is 0.311 e. The van der Waals surface area contributed by atoms with Gasteiger partial charge in [0, 0.05) is 41.9 Å². The summed E-state index contributed by atoms with van der Waals surface area (Å²) < 4.78 is 0.869. The van der Waals surface area contributed by atoms with Crippen molar-refractivity contribution in [2.45, 2.75) is 0 Å². The Morgan fingerprint density at radius 2 is 2.00 bits per heavy atom. The zero-order chi connectivity index (χ0) is 23.4. The number of nitrogens with two attached hydrogens (primary N) is 1. The van der Waals surface area contributed by atoms with E-state index in [4.69, 9.17) is 17.3 Å². The Balaban J connectivity index is 1.48. The van der Waals surface area contributed by atoms with Crippen LogP contribution in [0.2, 0.25) is 5.02 Å². The number of rotatable bonds is 8. The average Bonchev–Trinajstić information content (AvgIpc) is 3.31. The number of aromatic nitrogens is 3. The maximum absolute atomic E-state index is 10.8. The Labute approximate surface area is 202 Å². The molecule has 11 nitrogen and oxygen atoms in total. The zero-order valence-electron chi connectivity index (χ0n) is 17.2. The molecule has 2 aromatic heterocycles. The van der Waals surface area contributed by atoms with Crippen LogP contribution in [0.1, 0.15) is 5.56 Å². The van der Waals surface area contributed by atoms with Gasteiger partial charge in [-0.15, -0.1) is 0 Å². The molecule has 0 saturated carbocycles. The Morgan fingerprint density at radius 3 is 2.70 bits per heavy atom. The van der Waals surface area contributed by atoms with Crippen molar-refractivity contribution in [3.05, 3.63) is 61.7 Å². The molecule has 1 aliphatic rings. The van der Waals surface area contributed by atoms with E-state index in [9.17, 15) is 10.1 Å². The van der Waals surface area contributed by atoms with E-state index < -0.39 is 4.92 Å². The summed E-state index contributed by atoms with van der Waals surface area (Å²) in [5, 5.41) is 20.9.